The number of sulfonamides is 1. The van der Waals surface area contributed by atoms with Crippen LogP contribution in [0.15, 0.2) is 23.1 Å². The van der Waals surface area contributed by atoms with Gasteiger partial charge in [0.15, 0.2) is 0 Å². The molecule has 1 amide bonds. The molecule has 3 aliphatic heterocycles. The maximum absolute atomic E-state index is 13.2. The predicted octanol–water partition coefficient (Wildman–Crippen LogP) is 1.72. The van der Waals surface area contributed by atoms with Gasteiger partial charge in [-0.3, -0.25) is 4.79 Å². The average Bonchev–Trinajstić information content (AvgIpc) is 2.76. The second-order valence-corrected chi connectivity index (χ2v) is 8.12. The van der Waals surface area contributed by atoms with Crippen molar-refractivity contribution in [3.8, 4) is 0 Å². The van der Waals surface area contributed by atoms with Crippen LogP contribution in [0.1, 0.15) is 12.8 Å². The van der Waals surface area contributed by atoms with Crippen molar-refractivity contribution in [2.75, 3.05) is 20.1 Å². The van der Waals surface area contributed by atoms with Gasteiger partial charge >= 0.3 is 0 Å². The molecule has 0 unspecified atom stereocenters. The molecule has 0 radical (unpaired) electrons. The summed E-state index contributed by atoms with van der Waals surface area (Å²) in [7, 11) is -2.08. The number of carbonyl (C=O) groups is 1. The standard InChI is InChI=1S/C14H16ClFN2O3S/c1-17-10-3-2-9(14(17)19)7-18(8-10)22(20,21)11-4-5-13(16)12(15)6-11/h4-6,9-10H,2-3,7-8H2,1H3/t9-,10+/m1/s1. The van der Waals surface area contributed by atoms with E-state index in [0.717, 1.165) is 18.6 Å². The summed E-state index contributed by atoms with van der Waals surface area (Å²) in [6, 6.07) is 3.25. The fraction of sp³-hybridized carbons (Fsp3) is 0.500. The lowest BCUT2D eigenvalue weighted by Crippen LogP contribution is -2.45. The first-order valence-electron chi connectivity index (χ1n) is 7.02. The number of rotatable bonds is 2. The van der Waals surface area contributed by atoms with E-state index in [4.69, 9.17) is 11.6 Å². The van der Waals surface area contributed by atoms with E-state index in [1.54, 1.807) is 11.9 Å². The molecule has 0 spiro atoms. The number of fused-ring (bicyclic) bond motifs is 4. The Bertz CT molecular complexity index is 725. The van der Waals surface area contributed by atoms with E-state index in [9.17, 15) is 17.6 Å². The third kappa shape index (κ3) is 2.51. The van der Waals surface area contributed by atoms with Crippen LogP contribution < -0.4 is 0 Å². The zero-order valence-corrected chi connectivity index (χ0v) is 13.6. The molecule has 1 aromatic carbocycles. The summed E-state index contributed by atoms with van der Waals surface area (Å²) in [5.74, 6) is -0.980. The first kappa shape index (κ1) is 15.7. The third-order valence-corrected chi connectivity index (χ3v) is 6.58. The molecule has 0 N–H and O–H groups in total. The highest BCUT2D eigenvalue weighted by molar-refractivity contribution is 7.89. The van der Waals surface area contributed by atoms with Gasteiger partial charge in [0.25, 0.3) is 0 Å². The normalized spacial score (nSPS) is 26.3. The number of hydrogen-bond donors (Lipinski definition) is 0. The van der Waals surface area contributed by atoms with Crippen LogP contribution in [-0.2, 0) is 14.8 Å². The summed E-state index contributed by atoms with van der Waals surface area (Å²) < 4.78 is 40.1. The monoisotopic (exact) mass is 346 g/mol. The largest absolute Gasteiger partial charge is 0.341 e. The molecule has 4 rings (SSSR count). The highest BCUT2D eigenvalue weighted by Crippen LogP contribution is 2.31. The summed E-state index contributed by atoms with van der Waals surface area (Å²) in [4.78, 5) is 13.7. The van der Waals surface area contributed by atoms with Crippen molar-refractivity contribution in [2.24, 2.45) is 5.92 Å². The summed E-state index contributed by atoms with van der Waals surface area (Å²) in [5, 5.41) is -0.230. The molecular formula is C14H16ClFN2O3S. The van der Waals surface area contributed by atoms with Gasteiger partial charge in [-0.05, 0) is 31.0 Å². The summed E-state index contributed by atoms with van der Waals surface area (Å²) in [6.07, 6.45) is 1.49. The lowest BCUT2D eigenvalue weighted by Gasteiger charge is -2.32. The second kappa shape index (κ2) is 5.47. The molecule has 3 saturated heterocycles. The number of piperidine rings is 1. The fourth-order valence-electron chi connectivity index (χ4n) is 3.10. The van der Waals surface area contributed by atoms with Crippen LogP contribution in [0.5, 0.6) is 0 Å². The Labute approximate surface area is 133 Å². The Balaban J connectivity index is 1.96. The number of carbonyl (C=O) groups excluding carboxylic acids is 1. The van der Waals surface area contributed by atoms with Gasteiger partial charge in [-0.15, -0.1) is 0 Å². The molecule has 120 valence electrons. The van der Waals surface area contributed by atoms with Crippen LogP contribution in [0.4, 0.5) is 4.39 Å². The molecule has 3 aliphatic rings. The maximum Gasteiger partial charge on any atom is 0.243 e. The lowest BCUT2D eigenvalue weighted by molar-refractivity contribution is -0.138. The second-order valence-electron chi connectivity index (χ2n) is 5.78. The number of benzene rings is 1. The zero-order chi connectivity index (χ0) is 16.1. The molecule has 8 heteroatoms. The van der Waals surface area contributed by atoms with E-state index in [0.29, 0.717) is 6.42 Å². The Morgan fingerprint density at radius 3 is 2.68 bits per heavy atom. The average molecular weight is 347 g/mol. The van der Waals surface area contributed by atoms with Crippen molar-refractivity contribution in [1.29, 1.82) is 0 Å². The van der Waals surface area contributed by atoms with Gasteiger partial charge in [-0.1, -0.05) is 11.6 Å². The van der Waals surface area contributed by atoms with Gasteiger partial charge < -0.3 is 4.90 Å². The van der Waals surface area contributed by atoms with Crippen molar-refractivity contribution in [3.63, 3.8) is 0 Å². The van der Waals surface area contributed by atoms with Crippen LogP contribution in [0.3, 0.4) is 0 Å². The minimum atomic E-state index is -3.79. The van der Waals surface area contributed by atoms with Crippen LogP contribution >= 0.6 is 11.6 Å². The molecule has 2 atom stereocenters. The molecular weight excluding hydrogens is 331 g/mol. The van der Waals surface area contributed by atoms with Crippen molar-refractivity contribution in [2.45, 2.75) is 23.8 Å². The van der Waals surface area contributed by atoms with Crippen LogP contribution in [0, 0.1) is 11.7 Å². The van der Waals surface area contributed by atoms with E-state index in [1.807, 2.05) is 0 Å². The van der Waals surface area contributed by atoms with E-state index in [2.05, 4.69) is 0 Å². The smallest absolute Gasteiger partial charge is 0.243 e. The molecule has 22 heavy (non-hydrogen) atoms. The van der Waals surface area contributed by atoms with Crippen LogP contribution in [0.2, 0.25) is 5.02 Å². The Morgan fingerprint density at radius 1 is 1.27 bits per heavy atom. The highest BCUT2D eigenvalue weighted by Gasteiger charge is 2.42. The molecule has 2 bridgehead atoms. The Morgan fingerprint density at radius 2 is 2.00 bits per heavy atom. The maximum atomic E-state index is 13.2. The Hall–Kier alpha value is -1.18. The van der Waals surface area contributed by atoms with E-state index in [1.165, 1.54) is 10.4 Å². The number of hydrogen-bond acceptors (Lipinski definition) is 3. The topological polar surface area (TPSA) is 57.7 Å². The quantitative estimate of drug-likeness (QED) is 0.819. The van der Waals surface area contributed by atoms with Crippen molar-refractivity contribution in [1.82, 2.24) is 9.21 Å². The molecule has 5 nitrogen and oxygen atoms in total. The Kier molecular flexibility index (Phi) is 3.91. The lowest BCUT2D eigenvalue weighted by atomic mass is 9.95. The summed E-state index contributed by atoms with van der Waals surface area (Å²) in [5.41, 5.74) is 0. The molecule has 3 heterocycles. The fourth-order valence-corrected chi connectivity index (χ4v) is 4.89. The van der Waals surface area contributed by atoms with Gasteiger partial charge in [0, 0.05) is 26.2 Å². The SMILES string of the molecule is CN1C(=O)[C@@H]2CC[C@H]1CN(S(=O)(=O)c1ccc(F)c(Cl)c1)C2. The third-order valence-electron chi connectivity index (χ3n) is 4.46. The van der Waals surface area contributed by atoms with E-state index in [-0.39, 0.29) is 40.9 Å². The molecule has 1 aromatic rings. The first-order chi connectivity index (χ1) is 10.3. The number of likely N-dealkylation sites (N-methyl/N-ethyl adjacent to an activating group) is 1. The van der Waals surface area contributed by atoms with E-state index < -0.39 is 15.8 Å². The minimum absolute atomic E-state index is 0.00825. The molecule has 0 saturated carbocycles. The minimum Gasteiger partial charge on any atom is -0.341 e. The first-order valence-corrected chi connectivity index (χ1v) is 8.84. The summed E-state index contributed by atoms with van der Waals surface area (Å²) >= 11 is 5.69. The summed E-state index contributed by atoms with van der Waals surface area (Å²) in [6.45, 7) is 0.424. The number of halogens is 2. The number of amides is 1. The van der Waals surface area contributed by atoms with Gasteiger partial charge in [0.1, 0.15) is 5.82 Å². The van der Waals surface area contributed by atoms with Gasteiger partial charge in [-0.25, -0.2) is 12.8 Å². The molecule has 0 aliphatic carbocycles. The van der Waals surface area contributed by atoms with Crippen molar-refractivity contribution >= 4 is 27.5 Å². The van der Waals surface area contributed by atoms with Gasteiger partial charge in [-0.2, -0.15) is 4.31 Å². The highest BCUT2D eigenvalue weighted by atomic mass is 35.5. The van der Waals surface area contributed by atoms with Gasteiger partial charge in [0.2, 0.25) is 15.9 Å². The van der Waals surface area contributed by atoms with Crippen LogP contribution in [-0.4, -0.2) is 49.7 Å². The predicted molar refractivity (Wildman–Crippen MR) is 79.5 cm³/mol. The van der Waals surface area contributed by atoms with E-state index >= 15 is 0 Å². The zero-order valence-electron chi connectivity index (χ0n) is 12.0. The molecule has 3 fully saturated rings. The molecule has 0 aromatic heterocycles. The van der Waals surface area contributed by atoms with Crippen molar-refractivity contribution in [3.05, 3.63) is 29.0 Å². The van der Waals surface area contributed by atoms with Gasteiger partial charge in [0.05, 0.1) is 15.8 Å². The number of nitrogens with zero attached hydrogens (tertiary/aromatic N) is 2. The van der Waals surface area contributed by atoms with Crippen LogP contribution in [0.25, 0.3) is 0 Å². The van der Waals surface area contributed by atoms with Crippen molar-refractivity contribution < 1.29 is 17.6 Å².